The number of aromatic nitrogens is 6. The van der Waals surface area contributed by atoms with Crippen LogP contribution in [0.4, 0.5) is 0 Å². The second-order valence-electron chi connectivity index (χ2n) is 6.31. The molecule has 27 heavy (non-hydrogen) atoms. The fourth-order valence-electron chi connectivity index (χ4n) is 3.14. The van der Waals surface area contributed by atoms with Crippen LogP contribution in [0.5, 0.6) is 0 Å². The average Bonchev–Trinajstić information content (AvgIpc) is 3.41. The Kier molecular flexibility index (Phi) is 3.98. The molecule has 0 amide bonds. The molecule has 0 spiro atoms. The van der Waals surface area contributed by atoms with E-state index >= 15 is 0 Å². The molecule has 0 aromatic carbocycles. The van der Waals surface area contributed by atoms with E-state index in [0.717, 1.165) is 32.9 Å². The molecule has 0 saturated carbocycles. The zero-order valence-corrected chi connectivity index (χ0v) is 15.1. The van der Waals surface area contributed by atoms with Crippen LogP contribution in [0.25, 0.3) is 21.5 Å². The highest BCUT2D eigenvalue weighted by molar-refractivity contribution is 7.16. The van der Waals surface area contributed by atoms with Gasteiger partial charge in [-0.1, -0.05) is 5.21 Å². The Morgan fingerprint density at radius 3 is 3.00 bits per heavy atom. The zero-order chi connectivity index (χ0) is 18.2. The predicted molar refractivity (Wildman–Crippen MR) is 102 cm³/mol. The summed E-state index contributed by atoms with van der Waals surface area (Å²) >= 11 is 1.52. The Balaban J connectivity index is 1.44. The van der Waals surface area contributed by atoms with Gasteiger partial charge in [0.1, 0.15) is 10.3 Å². The van der Waals surface area contributed by atoms with Crippen molar-refractivity contribution in [3.63, 3.8) is 0 Å². The second kappa shape index (κ2) is 6.63. The lowest BCUT2D eigenvalue weighted by atomic mass is 10.1. The zero-order valence-electron chi connectivity index (χ0n) is 14.3. The van der Waals surface area contributed by atoms with Gasteiger partial charge in [-0.05, 0) is 24.3 Å². The van der Waals surface area contributed by atoms with Gasteiger partial charge in [-0.25, -0.2) is 19.6 Å². The normalized spacial score (nSPS) is 16.8. The highest BCUT2D eigenvalue weighted by Crippen LogP contribution is 2.21. The summed E-state index contributed by atoms with van der Waals surface area (Å²) in [6.07, 6.45) is 1.87. The lowest BCUT2D eigenvalue weighted by Gasteiger charge is -2.14. The van der Waals surface area contributed by atoms with Crippen molar-refractivity contribution in [1.29, 1.82) is 0 Å². The third-order valence-corrected chi connectivity index (χ3v) is 5.24. The number of aliphatic hydroxyl groups is 1. The van der Waals surface area contributed by atoms with Gasteiger partial charge in [-0.3, -0.25) is 5.01 Å². The number of fused-ring (bicyclic) bond motifs is 2. The van der Waals surface area contributed by atoms with Crippen LogP contribution in [-0.2, 0) is 6.54 Å². The topological polar surface area (TPSA) is 105 Å². The van der Waals surface area contributed by atoms with E-state index in [0.29, 0.717) is 19.6 Å². The van der Waals surface area contributed by atoms with Crippen LogP contribution in [0, 0.1) is 0 Å². The molecule has 0 radical (unpaired) electrons. The first-order chi connectivity index (χ1) is 13.3. The second-order valence-corrected chi connectivity index (χ2v) is 7.15. The quantitative estimate of drug-likeness (QED) is 0.555. The van der Waals surface area contributed by atoms with Crippen LogP contribution in [0.15, 0.2) is 34.9 Å². The summed E-state index contributed by atoms with van der Waals surface area (Å²) in [5.41, 5.74) is 5.99. The first-order valence-corrected chi connectivity index (χ1v) is 9.47. The van der Waals surface area contributed by atoms with Crippen molar-refractivity contribution < 1.29 is 5.11 Å². The Bertz CT molecular complexity index is 1140. The third kappa shape index (κ3) is 3.02. The van der Waals surface area contributed by atoms with Crippen molar-refractivity contribution in [3.8, 4) is 0 Å². The molecule has 4 aromatic heterocycles. The van der Waals surface area contributed by atoms with Crippen molar-refractivity contribution in [2.24, 2.45) is 5.10 Å². The van der Waals surface area contributed by atoms with Crippen molar-refractivity contribution in [2.45, 2.75) is 12.5 Å². The Labute approximate surface area is 158 Å². The van der Waals surface area contributed by atoms with Crippen LogP contribution < -0.4 is 0 Å². The molecule has 136 valence electrons. The smallest absolute Gasteiger partial charge is 0.179 e. The summed E-state index contributed by atoms with van der Waals surface area (Å²) in [5, 5.41) is 23.7. The number of thiazole rings is 1. The fourth-order valence-corrected chi connectivity index (χ4v) is 3.82. The Morgan fingerprint density at radius 1 is 1.15 bits per heavy atom. The van der Waals surface area contributed by atoms with Crippen LogP contribution in [0.2, 0.25) is 0 Å². The van der Waals surface area contributed by atoms with Crippen molar-refractivity contribution in [2.75, 3.05) is 19.7 Å². The maximum Gasteiger partial charge on any atom is 0.179 e. The van der Waals surface area contributed by atoms with Crippen molar-refractivity contribution in [1.82, 2.24) is 35.0 Å². The van der Waals surface area contributed by atoms with Gasteiger partial charge in [0, 0.05) is 12.8 Å². The van der Waals surface area contributed by atoms with Gasteiger partial charge >= 0.3 is 0 Å². The molecule has 0 aliphatic carbocycles. The Morgan fingerprint density at radius 2 is 2.07 bits per heavy atom. The molecule has 10 heteroatoms. The molecule has 5 heterocycles. The number of rotatable bonds is 5. The Hall–Kier alpha value is -2.98. The predicted octanol–water partition coefficient (Wildman–Crippen LogP) is 1.26. The van der Waals surface area contributed by atoms with Crippen LogP contribution in [0.3, 0.4) is 0 Å². The van der Waals surface area contributed by atoms with Gasteiger partial charge in [0.15, 0.2) is 5.65 Å². The summed E-state index contributed by atoms with van der Waals surface area (Å²) in [6, 6.07) is 7.82. The van der Waals surface area contributed by atoms with Gasteiger partial charge in [0.25, 0.3) is 0 Å². The van der Waals surface area contributed by atoms with E-state index in [1.807, 2.05) is 35.5 Å². The van der Waals surface area contributed by atoms with Gasteiger partial charge in [0.2, 0.25) is 0 Å². The minimum Gasteiger partial charge on any atom is -0.394 e. The van der Waals surface area contributed by atoms with E-state index in [9.17, 15) is 0 Å². The molecule has 1 atom stereocenters. The summed E-state index contributed by atoms with van der Waals surface area (Å²) in [6.45, 7) is 1.82. The van der Waals surface area contributed by atoms with Gasteiger partial charge in [-0.2, -0.15) is 5.10 Å². The molecule has 1 unspecified atom stereocenters. The summed E-state index contributed by atoms with van der Waals surface area (Å²) in [4.78, 5) is 14.6. The summed E-state index contributed by atoms with van der Waals surface area (Å²) < 4.78 is 1.77. The molecule has 1 N–H and O–H groups in total. The molecule has 4 aromatic rings. The fraction of sp³-hybridized carbons (Fsp3) is 0.294. The first kappa shape index (κ1) is 16.2. The molecular formula is C17H16N8OS. The number of hydrogen-bond donors (Lipinski definition) is 1. The lowest BCUT2D eigenvalue weighted by molar-refractivity contribution is 0.210. The average molecular weight is 380 g/mol. The van der Waals surface area contributed by atoms with E-state index in [2.05, 4.69) is 25.4 Å². The van der Waals surface area contributed by atoms with E-state index in [1.54, 1.807) is 10.2 Å². The van der Waals surface area contributed by atoms with Gasteiger partial charge < -0.3 is 5.11 Å². The molecule has 0 bridgehead atoms. The van der Waals surface area contributed by atoms with Gasteiger partial charge in [-0.15, -0.1) is 16.4 Å². The SMILES string of the molecule is OCCN1CC(c2ccc3nnn(Cc4ccc5ncsc5n4)c3n2)C=N1. The largest absolute Gasteiger partial charge is 0.394 e. The molecular weight excluding hydrogens is 364 g/mol. The number of hydrazone groups is 1. The standard InChI is InChI=1S/C17H16N8OS/c26-6-5-24-8-11(7-19-24)13-3-4-14-16(21-13)25(23-22-14)9-12-1-2-15-17(20-12)27-10-18-15/h1-4,7,10-11,26H,5-6,8-9H2. The number of β-amino-alcohol motifs (C(OH)–C–C–N with tert-alkyl or cyclic N) is 1. The molecule has 0 fully saturated rings. The molecule has 1 aliphatic rings. The van der Waals surface area contributed by atoms with Crippen molar-refractivity contribution in [3.05, 3.63) is 41.2 Å². The van der Waals surface area contributed by atoms with Crippen molar-refractivity contribution >= 4 is 39.1 Å². The summed E-state index contributed by atoms with van der Waals surface area (Å²) in [7, 11) is 0. The third-order valence-electron chi connectivity index (χ3n) is 4.50. The maximum absolute atomic E-state index is 9.07. The van der Waals surface area contributed by atoms with E-state index < -0.39 is 0 Å². The molecule has 9 nitrogen and oxygen atoms in total. The molecule has 5 rings (SSSR count). The van der Waals surface area contributed by atoms with Crippen LogP contribution in [-0.4, -0.2) is 66.0 Å². The monoisotopic (exact) mass is 380 g/mol. The highest BCUT2D eigenvalue weighted by atomic mass is 32.1. The van der Waals surface area contributed by atoms with Crippen LogP contribution >= 0.6 is 11.3 Å². The van der Waals surface area contributed by atoms with E-state index in [4.69, 9.17) is 10.1 Å². The number of nitrogens with zero attached hydrogens (tertiary/aromatic N) is 8. The molecule has 1 aliphatic heterocycles. The number of hydrogen-bond acceptors (Lipinski definition) is 9. The van der Waals surface area contributed by atoms with E-state index in [1.165, 1.54) is 11.3 Å². The number of aliphatic hydroxyl groups excluding tert-OH is 1. The minimum absolute atomic E-state index is 0.0876. The first-order valence-electron chi connectivity index (χ1n) is 8.59. The van der Waals surface area contributed by atoms with Gasteiger partial charge in [0.05, 0.1) is 48.0 Å². The highest BCUT2D eigenvalue weighted by Gasteiger charge is 2.21. The van der Waals surface area contributed by atoms with E-state index in [-0.39, 0.29) is 12.5 Å². The summed E-state index contributed by atoms with van der Waals surface area (Å²) in [5.74, 6) is 0.0935. The molecule has 0 saturated heterocycles. The maximum atomic E-state index is 9.07. The lowest BCUT2D eigenvalue weighted by Crippen LogP contribution is -2.21. The number of pyridine rings is 2. The minimum atomic E-state index is 0.0876. The van der Waals surface area contributed by atoms with Crippen LogP contribution in [0.1, 0.15) is 17.3 Å².